The van der Waals surface area contributed by atoms with Gasteiger partial charge in [-0.3, -0.25) is 14.9 Å². The monoisotopic (exact) mass is 442 g/mol. The second-order valence-electron chi connectivity index (χ2n) is 7.42. The van der Waals surface area contributed by atoms with E-state index in [0.29, 0.717) is 27.8 Å². The minimum atomic E-state index is -0.399. The zero-order valence-electron chi connectivity index (χ0n) is 17.1. The predicted molar refractivity (Wildman–Crippen MR) is 118 cm³/mol. The number of benzene rings is 1. The van der Waals surface area contributed by atoms with Gasteiger partial charge in [0.15, 0.2) is 5.13 Å². The van der Waals surface area contributed by atoms with E-state index in [-0.39, 0.29) is 18.2 Å². The highest BCUT2D eigenvalue weighted by atomic mass is 32.1. The van der Waals surface area contributed by atoms with Crippen LogP contribution in [-0.2, 0) is 11.2 Å². The average molecular weight is 443 g/mol. The van der Waals surface area contributed by atoms with Gasteiger partial charge in [-0.2, -0.15) is 0 Å². The molecule has 0 unspecified atom stereocenters. The van der Waals surface area contributed by atoms with Crippen molar-refractivity contribution in [2.45, 2.75) is 32.6 Å². The summed E-state index contributed by atoms with van der Waals surface area (Å²) in [6.45, 7) is 3.48. The smallest absolute Gasteiger partial charge is 0.260 e. The zero-order valence-corrected chi connectivity index (χ0v) is 17.9. The summed E-state index contributed by atoms with van der Waals surface area (Å²) in [7, 11) is 0. The third-order valence-electron chi connectivity index (χ3n) is 5.15. The molecule has 3 heterocycles. The van der Waals surface area contributed by atoms with Crippen LogP contribution >= 0.6 is 11.3 Å². The fourth-order valence-corrected chi connectivity index (χ4v) is 4.31. The summed E-state index contributed by atoms with van der Waals surface area (Å²) in [5.74, 6) is -0.488. The van der Waals surface area contributed by atoms with Gasteiger partial charge in [-0.1, -0.05) is 0 Å². The lowest BCUT2D eigenvalue weighted by Crippen LogP contribution is -2.30. The first-order chi connectivity index (χ1) is 15.0. The van der Waals surface area contributed by atoms with Gasteiger partial charge in [0.25, 0.3) is 5.91 Å². The van der Waals surface area contributed by atoms with Gasteiger partial charge in [-0.15, -0.1) is 11.3 Å². The zero-order chi connectivity index (χ0) is 21.8. The van der Waals surface area contributed by atoms with Gasteiger partial charge < -0.3 is 14.6 Å². The number of aromatic nitrogens is 1. The number of halogens is 1. The molecule has 31 heavy (non-hydrogen) atoms. The number of hydrogen-bond acceptors (Lipinski definition) is 6. The van der Waals surface area contributed by atoms with Crippen LogP contribution < -0.4 is 15.5 Å². The Kier molecular flexibility index (Phi) is 6.31. The molecule has 1 saturated heterocycles. The average Bonchev–Trinajstić information content (AvgIpc) is 3.37. The van der Waals surface area contributed by atoms with Crippen LogP contribution in [0.3, 0.4) is 0 Å². The lowest BCUT2D eigenvalue weighted by molar-refractivity contribution is -0.115. The molecule has 1 fully saturated rings. The molecule has 7 nitrogen and oxygen atoms in total. The summed E-state index contributed by atoms with van der Waals surface area (Å²) >= 11 is 1.24. The predicted octanol–water partition coefficient (Wildman–Crippen LogP) is 4.61. The largest absolute Gasteiger partial charge is 0.469 e. The molecule has 3 aromatic rings. The van der Waals surface area contributed by atoms with Crippen molar-refractivity contribution in [1.29, 1.82) is 0 Å². The van der Waals surface area contributed by atoms with Gasteiger partial charge in [0.05, 0.1) is 35.3 Å². The fraction of sp³-hybridized carbons (Fsp3) is 0.318. The topological polar surface area (TPSA) is 87.5 Å². The van der Waals surface area contributed by atoms with Crippen LogP contribution in [0.2, 0.25) is 0 Å². The molecular formula is C22H23FN4O3S. The highest BCUT2D eigenvalue weighted by Gasteiger charge is 2.18. The molecule has 0 aliphatic carbocycles. The van der Waals surface area contributed by atoms with E-state index >= 15 is 0 Å². The molecule has 9 heteroatoms. The van der Waals surface area contributed by atoms with Crippen molar-refractivity contribution in [3.8, 4) is 0 Å². The first kappa shape index (κ1) is 21.0. The number of hydrogen-bond donors (Lipinski definition) is 2. The van der Waals surface area contributed by atoms with Crippen LogP contribution in [0.5, 0.6) is 0 Å². The SMILES string of the molecule is Cc1occc1C(=O)Nc1nc(CC(=O)Nc2cc(F)ccc2N2CCCCC2)cs1. The third-order valence-corrected chi connectivity index (χ3v) is 5.95. The Bertz CT molecular complexity index is 1090. The van der Waals surface area contributed by atoms with Crippen molar-refractivity contribution in [1.82, 2.24) is 4.98 Å². The molecular weight excluding hydrogens is 419 g/mol. The van der Waals surface area contributed by atoms with Crippen molar-refractivity contribution >= 4 is 39.7 Å². The molecule has 1 aliphatic heterocycles. The number of anilines is 3. The Hall–Kier alpha value is -3.20. The molecule has 4 rings (SSSR count). The van der Waals surface area contributed by atoms with E-state index < -0.39 is 5.82 Å². The quantitative estimate of drug-likeness (QED) is 0.582. The van der Waals surface area contributed by atoms with Gasteiger partial charge >= 0.3 is 0 Å². The third kappa shape index (κ3) is 5.11. The molecule has 0 radical (unpaired) electrons. The maximum atomic E-state index is 13.8. The molecule has 162 valence electrons. The molecule has 2 aromatic heterocycles. The van der Waals surface area contributed by atoms with Crippen molar-refractivity contribution in [3.63, 3.8) is 0 Å². The number of aryl methyl sites for hydroxylation is 1. The van der Waals surface area contributed by atoms with E-state index in [1.54, 1.807) is 24.4 Å². The Labute approximate surface area is 183 Å². The van der Waals surface area contributed by atoms with Crippen LogP contribution in [-0.4, -0.2) is 29.9 Å². The minimum absolute atomic E-state index is 0.0209. The fourth-order valence-electron chi connectivity index (χ4n) is 3.61. The van der Waals surface area contributed by atoms with Crippen molar-refractivity contribution in [3.05, 3.63) is 58.7 Å². The molecule has 1 aliphatic rings. The van der Waals surface area contributed by atoms with Crippen LogP contribution in [0.25, 0.3) is 0 Å². The number of furan rings is 1. The first-order valence-corrected chi connectivity index (χ1v) is 11.0. The number of rotatable bonds is 6. The van der Waals surface area contributed by atoms with Gasteiger partial charge in [0, 0.05) is 18.5 Å². The Morgan fingerprint density at radius 3 is 2.74 bits per heavy atom. The normalized spacial score (nSPS) is 13.8. The first-order valence-electron chi connectivity index (χ1n) is 10.1. The standard InChI is InChI=1S/C22H23FN4O3S/c1-14-17(7-10-30-14)21(29)26-22-24-16(13-31-22)12-20(28)25-18-11-15(23)5-6-19(18)27-8-3-2-4-9-27/h5-7,10-11,13H,2-4,8-9,12H2,1H3,(H,25,28)(H,24,26,29). The number of nitrogens with one attached hydrogen (secondary N) is 2. The van der Waals surface area contributed by atoms with E-state index in [2.05, 4.69) is 20.5 Å². The Morgan fingerprint density at radius 2 is 2.00 bits per heavy atom. The van der Waals surface area contributed by atoms with Crippen LogP contribution in [0.4, 0.5) is 20.9 Å². The van der Waals surface area contributed by atoms with E-state index in [1.807, 2.05) is 0 Å². The molecule has 0 atom stereocenters. The number of carbonyl (C=O) groups is 2. The molecule has 0 spiro atoms. The highest BCUT2D eigenvalue weighted by molar-refractivity contribution is 7.14. The molecule has 0 saturated carbocycles. The number of nitrogens with zero attached hydrogens (tertiary/aromatic N) is 2. The van der Waals surface area contributed by atoms with Gasteiger partial charge in [-0.25, -0.2) is 9.37 Å². The summed E-state index contributed by atoms with van der Waals surface area (Å²) in [6.07, 6.45) is 4.81. The maximum absolute atomic E-state index is 13.8. The van der Waals surface area contributed by atoms with E-state index in [9.17, 15) is 14.0 Å². The molecule has 2 N–H and O–H groups in total. The highest BCUT2D eigenvalue weighted by Crippen LogP contribution is 2.29. The van der Waals surface area contributed by atoms with E-state index in [4.69, 9.17) is 4.42 Å². The number of piperidine rings is 1. The van der Waals surface area contributed by atoms with Crippen molar-refractivity contribution in [2.24, 2.45) is 0 Å². The van der Waals surface area contributed by atoms with Crippen LogP contribution in [0, 0.1) is 12.7 Å². The molecule has 2 amide bonds. The lowest BCUT2D eigenvalue weighted by Gasteiger charge is -2.30. The van der Waals surface area contributed by atoms with Crippen molar-refractivity contribution in [2.75, 3.05) is 28.6 Å². The minimum Gasteiger partial charge on any atom is -0.469 e. The summed E-state index contributed by atoms with van der Waals surface area (Å²) in [4.78, 5) is 31.4. The summed E-state index contributed by atoms with van der Waals surface area (Å²) in [6, 6.07) is 6.06. The second kappa shape index (κ2) is 9.30. The van der Waals surface area contributed by atoms with Crippen molar-refractivity contribution < 1.29 is 18.4 Å². The van der Waals surface area contributed by atoms with Gasteiger partial charge in [0.1, 0.15) is 11.6 Å². The second-order valence-corrected chi connectivity index (χ2v) is 8.28. The molecule has 0 bridgehead atoms. The summed E-state index contributed by atoms with van der Waals surface area (Å²) < 4.78 is 19.0. The van der Waals surface area contributed by atoms with E-state index in [0.717, 1.165) is 31.6 Å². The molecule has 1 aromatic carbocycles. The Balaban J connectivity index is 1.40. The number of carbonyl (C=O) groups excluding carboxylic acids is 2. The van der Waals surface area contributed by atoms with Crippen LogP contribution in [0.15, 0.2) is 40.3 Å². The number of thiazole rings is 1. The number of amides is 2. The summed E-state index contributed by atoms with van der Waals surface area (Å²) in [5, 5.41) is 7.64. The van der Waals surface area contributed by atoms with E-state index in [1.165, 1.54) is 36.2 Å². The van der Waals surface area contributed by atoms with Gasteiger partial charge in [-0.05, 0) is 50.5 Å². The maximum Gasteiger partial charge on any atom is 0.260 e. The lowest BCUT2D eigenvalue weighted by atomic mass is 10.1. The Morgan fingerprint density at radius 1 is 1.19 bits per heavy atom. The summed E-state index contributed by atoms with van der Waals surface area (Å²) in [5.41, 5.74) is 2.26. The van der Waals surface area contributed by atoms with Crippen LogP contribution in [0.1, 0.15) is 41.1 Å². The van der Waals surface area contributed by atoms with Gasteiger partial charge in [0.2, 0.25) is 5.91 Å².